The van der Waals surface area contributed by atoms with Crippen molar-refractivity contribution in [1.29, 1.82) is 0 Å². The molecule has 1 saturated heterocycles. The topological polar surface area (TPSA) is 45.0 Å². The summed E-state index contributed by atoms with van der Waals surface area (Å²) in [5.74, 6) is 0.452. The van der Waals surface area contributed by atoms with Gasteiger partial charge in [0.25, 0.3) is 0 Å². The lowest BCUT2D eigenvalue weighted by Gasteiger charge is -2.25. The summed E-state index contributed by atoms with van der Waals surface area (Å²) in [7, 11) is 0. The van der Waals surface area contributed by atoms with Crippen LogP contribution in [0.2, 0.25) is 5.02 Å². The zero-order valence-electron chi connectivity index (χ0n) is 13.0. The van der Waals surface area contributed by atoms with Crippen LogP contribution in [0, 0.1) is 0 Å². The number of benzene rings is 2. The number of hydrogen-bond donors (Lipinski definition) is 0. The Bertz CT molecular complexity index is 895. The Balaban J connectivity index is 1.75. The summed E-state index contributed by atoms with van der Waals surface area (Å²) in [4.78, 5) is 23.4. The summed E-state index contributed by atoms with van der Waals surface area (Å²) in [6.07, 6.45) is 0.422. The van der Waals surface area contributed by atoms with Gasteiger partial charge in [-0.1, -0.05) is 35.3 Å². The molecule has 0 radical (unpaired) electrons. The van der Waals surface area contributed by atoms with Gasteiger partial charge in [-0.05, 0) is 36.4 Å². The van der Waals surface area contributed by atoms with Gasteiger partial charge in [0.2, 0.25) is 5.91 Å². The molecule has 4 rings (SSSR count). The van der Waals surface area contributed by atoms with Crippen molar-refractivity contribution >= 4 is 68.8 Å². The van der Waals surface area contributed by atoms with Gasteiger partial charge in [-0.3, -0.25) is 14.7 Å². The average molecular weight is 390 g/mol. The van der Waals surface area contributed by atoms with Crippen LogP contribution in [-0.4, -0.2) is 27.9 Å². The second-order valence-electron chi connectivity index (χ2n) is 5.66. The first-order valence-electron chi connectivity index (χ1n) is 7.70. The minimum absolute atomic E-state index is 0.0469. The number of carbonyl (C=O) groups is 1. The molecular formula is C18H13Cl2N3OS. The van der Waals surface area contributed by atoms with Gasteiger partial charge in [-0.25, -0.2) is 4.99 Å². The van der Waals surface area contributed by atoms with E-state index in [1.54, 1.807) is 28.8 Å². The van der Waals surface area contributed by atoms with E-state index in [9.17, 15) is 4.79 Å². The number of amides is 1. The molecule has 2 aliphatic heterocycles. The summed E-state index contributed by atoms with van der Waals surface area (Å²) >= 11 is 13.8. The number of anilines is 1. The van der Waals surface area contributed by atoms with Gasteiger partial charge in [-0.15, -0.1) is 11.8 Å². The summed E-state index contributed by atoms with van der Waals surface area (Å²) in [6, 6.07) is 14.9. The number of rotatable bonds is 2. The molecule has 1 atom stereocenters. The first kappa shape index (κ1) is 16.6. The van der Waals surface area contributed by atoms with Gasteiger partial charge >= 0.3 is 0 Å². The minimum Gasteiger partial charge on any atom is -0.294 e. The maximum Gasteiger partial charge on any atom is 0.238 e. The van der Waals surface area contributed by atoms with E-state index in [-0.39, 0.29) is 11.3 Å². The van der Waals surface area contributed by atoms with Gasteiger partial charge < -0.3 is 0 Å². The summed E-state index contributed by atoms with van der Waals surface area (Å²) in [5.41, 5.74) is 3.14. The standard InChI is InChI=1S/C18H13Cl2N3OS/c19-11-5-7-12(8-6-11)23-17(24)10-25-18(23)15-9-16(20)22-14-4-2-1-3-13(14)21-15/h1-8,18H,9-10H2. The van der Waals surface area contributed by atoms with E-state index in [0.29, 0.717) is 22.4 Å². The molecule has 2 heterocycles. The molecule has 4 nitrogen and oxygen atoms in total. The fraction of sp³-hybridized carbons (Fsp3) is 0.167. The predicted octanol–water partition coefficient (Wildman–Crippen LogP) is 5.19. The number of halogens is 2. The maximum absolute atomic E-state index is 12.5. The van der Waals surface area contributed by atoms with Gasteiger partial charge in [0, 0.05) is 17.1 Å². The molecule has 126 valence electrons. The van der Waals surface area contributed by atoms with Crippen molar-refractivity contribution < 1.29 is 4.79 Å². The van der Waals surface area contributed by atoms with Crippen LogP contribution in [0.5, 0.6) is 0 Å². The van der Waals surface area contributed by atoms with Crippen molar-refractivity contribution in [1.82, 2.24) is 0 Å². The molecule has 0 spiro atoms. The number of hydrogen-bond acceptors (Lipinski definition) is 4. The second kappa shape index (κ2) is 6.83. The predicted molar refractivity (Wildman–Crippen MR) is 106 cm³/mol. The van der Waals surface area contributed by atoms with Crippen molar-refractivity contribution in [3.05, 3.63) is 53.6 Å². The van der Waals surface area contributed by atoms with Gasteiger partial charge in [-0.2, -0.15) is 0 Å². The van der Waals surface area contributed by atoms with E-state index in [0.717, 1.165) is 22.8 Å². The molecular weight excluding hydrogens is 377 g/mol. The SMILES string of the molecule is O=C1CSC(C2=Nc3ccccc3N=C(Cl)C2)N1c1ccc(Cl)cc1. The van der Waals surface area contributed by atoms with E-state index in [4.69, 9.17) is 28.2 Å². The number of aliphatic imine (C=N–C) groups is 2. The lowest BCUT2D eigenvalue weighted by Crippen LogP contribution is -2.38. The first-order chi connectivity index (χ1) is 12.1. The Kier molecular flexibility index (Phi) is 4.54. The molecule has 0 saturated carbocycles. The average Bonchev–Trinajstić information content (AvgIpc) is 2.89. The summed E-state index contributed by atoms with van der Waals surface area (Å²) < 4.78 is 0. The Hall–Kier alpha value is -1.82. The highest BCUT2D eigenvalue weighted by atomic mass is 35.5. The van der Waals surface area contributed by atoms with Crippen LogP contribution in [-0.2, 0) is 4.79 Å². The zero-order valence-corrected chi connectivity index (χ0v) is 15.4. The van der Waals surface area contributed by atoms with E-state index in [2.05, 4.69) is 4.99 Å². The van der Waals surface area contributed by atoms with Crippen LogP contribution in [0.3, 0.4) is 0 Å². The smallest absolute Gasteiger partial charge is 0.238 e. The molecule has 1 unspecified atom stereocenters. The lowest BCUT2D eigenvalue weighted by atomic mass is 10.2. The minimum atomic E-state index is -0.205. The lowest BCUT2D eigenvalue weighted by molar-refractivity contribution is -0.115. The van der Waals surface area contributed by atoms with E-state index < -0.39 is 0 Å². The Morgan fingerprint density at radius 1 is 1.00 bits per heavy atom. The number of fused-ring (bicyclic) bond motifs is 1. The molecule has 0 N–H and O–H groups in total. The van der Waals surface area contributed by atoms with Crippen LogP contribution in [0.4, 0.5) is 17.1 Å². The second-order valence-corrected chi connectivity index (χ2v) is 7.60. The molecule has 2 aromatic rings. The maximum atomic E-state index is 12.5. The molecule has 2 aliphatic rings. The highest BCUT2D eigenvalue weighted by Crippen LogP contribution is 2.37. The number of para-hydroxylation sites is 2. The molecule has 0 bridgehead atoms. The molecule has 1 amide bonds. The zero-order chi connectivity index (χ0) is 17.4. The molecule has 0 aliphatic carbocycles. The highest BCUT2D eigenvalue weighted by Gasteiger charge is 2.37. The van der Waals surface area contributed by atoms with Crippen molar-refractivity contribution in [2.45, 2.75) is 11.8 Å². The fourth-order valence-electron chi connectivity index (χ4n) is 2.86. The molecule has 2 aromatic carbocycles. The number of carbonyl (C=O) groups excluding carboxylic acids is 1. The third-order valence-corrected chi connectivity index (χ3v) is 5.65. The van der Waals surface area contributed by atoms with Gasteiger partial charge in [0.1, 0.15) is 10.5 Å². The van der Waals surface area contributed by atoms with Crippen LogP contribution >= 0.6 is 35.0 Å². The quantitative estimate of drug-likeness (QED) is 0.708. The molecule has 0 aromatic heterocycles. The van der Waals surface area contributed by atoms with Crippen LogP contribution in [0.15, 0.2) is 58.5 Å². The van der Waals surface area contributed by atoms with Gasteiger partial charge in [0.05, 0.1) is 22.8 Å². The number of thioether (sulfide) groups is 1. The van der Waals surface area contributed by atoms with Gasteiger partial charge in [0.15, 0.2) is 0 Å². The third kappa shape index (κ3) is 3.32. The molecule has 25 heavy (non-hydrogen) atoms. The third-order valence-electron chi connectivity index (χ3n) is 3.97. The molecule has 7 heteroatoms. The van der Waals surface area contributed by atoms with E-state index >= 15 is 0 Å². The monoisotopic (exact) mass is 389 g/mol. The van der Waals surface area contributed by atoms with Crippen molar-refractivity contribution in [2.75, 3.05) is 10.7 Å². The largest absolute Gasteiger partial charge is 0.294 e. The van der Waals surface area contributed by atoms with Crippen molar-refractivity contribution in [2.24, 2.45) is 9.98 Å². The van der Waals surface area contributed by atoms with Crippen LogP contribution in [0.25, 0.3) is 0 Å². The Labute approximate surface area is 159 Å². The van der Waals surface area contributed by atoms with Crippen molar-refractivity contribution in [3.63, 3.8) is 0 Å². The summed E-state index contributed by atoms with van der Waals surface area (Å²) in [5, 5.41) is 0.902. The first-order valence-corrected chi connectivity index (χ1v) is 9.51. The van der Waals surface area contributed by atoms with Crippen LogP contribution in [0.1, 0.15) is 6.42 Å². The van der Waals surface area contributed by atoms with E-state index in [1.807, 2.05) is 36.4 Å². The Morgan fingerprint density at radius 2 is 1.68 bits per heavy atom. The summed E-state index contributed by atoms with van der Waals surface area (Å²) in [6.45, 7) is 0. The highest BCUT2D eigenvalue weighted by molar-refractivity contribution is 8.02. The molecule has 1 fully saturated rings. The normalized spacial score (nSPS) is 20.0. The van der Waals surface area contributed by atoms with Crippen LogP contribution < -0.4 is 4.90 Å². The Morgan fingerprint density at radius 3 is 2.40 bits per heavy atom. The van der Waals surface area contributed by atoms with E-state index in [1.165, 1.54) is 0 Å². The van der Waals surface area contributed by atoms with Crippen molar-refractivity contribution in [3.8, 4) is 0 Å². The fourth-order valence-corrected chi connectivity index (χ4v) is 4.37. The number of nitrogens with zero attached hydrogens (tertiary/aromatic N) is 3.